The van der Waals surface area contributed by atoms with E-state index in [0.29, 0.717) is 30.0 Å². The Morgan fingerprint density at radius 2 is 1.83 bits per heavy atom. The summed E-state index contributed by atoms with van der Waals surface area (Å²) in [6.45, 7) is 0.173. The molecule has 0 saturated heterocycles. The smallest absolute Gasteiger partial charge is 0.257 e. The summed E-state index contributed by atoms with van der Waals surface area (Å²) < 4.78 is 39.1. The quantitative estimate of drug-likeness (QED) is 0.638. The molecule has 0 aliphatic rings. The van der Waals surface area contributed by atoms with Crippen molar-refractivity contribution >= 4 is 23.1 Å². The fraction of sp³-hybridized carbons (Fsp3) is 0.273. The monoisotopic (exact) mass is 276 g/mol. The number of thiocarbonyl (C=S) groups is 1. The minimum atomic E-state index is -1.24. The zero-order chi connectivity index (χ0) is 13.7. The van der Waals surface area contributed by atoms with Crippen LogP contribution in [0.4, 0.5) is 13.2 Å². The standard InChI is InChI=1S/C11H11F3N2OS/c12-6-4-7(13)10(8(14)5-6)11(17)16-3-1-2-9(15)18/h4-5H,1-3H2,(H2,15,18)(H,16,17). The average Bonchev–Trinajstić information content (AvgIpc) is 2.22. The van der Waals surface area contributed by atoms with E-state index in [0.717, 1.165) is 0 Å². The molecule has 1 amide bonds. The number of amides is 1. The molecule has 0 aliphatic carbocycles. The van der Waals surface area contributed by atoms with Crippen molar-refractivity contribution in [3.63, 3.8) is 0 Å². The van der Waals surface area contributed by atoms with E-state index in [1.807, 2.05) is 0 Å². The van der Waals surface area contributed by atoms with Crippen LogP contribution in [-0.4, -0.2) is 17.4 Å². The molecule has 0 saturated carbocycles. The molecule has 0 aliphatic heterocycles. The summed E-state index contributed by atoms with van der Waals surface area (Å²) in [6.07, 6.45) is 0.884. The number of rotatable bonds is 5. The van der Waals surface area contributed by atoms with Gasteiger partial charge in [0.2, 0.25) is 0 Å². The van der Waals surface area contributed by atoms with Crippen LogP contribution < -0.4 is 11.1 Å². The van der Waals surface area contributed by atoms with Crippen LogP contribution in [0.2, 0.25) is 0 Å². The first kappa shape index (κ1) is 14.4. The van der Waals surface area contributed by atoms with E-state index >= 15 is 0 Å². The minimum Gasteiger partial charge on any atom is -0.393 e. The van der Waals surface area contributed by atoms with E-state index in [9.17, 15) is 18.0 Å². The second kappa shape index (κ2) is 6.34. The molecule has 0 bridgehead atoms. The fourth-order valence-electron chi connectivity index (χ4n) is 1.31. The summed E-state index contributed by atoms with van der Waals surface area (Å²) >= 11 is 4.63. The Morgan fingerprint density at radius 3 is 2.33 bits per heavy atom. The summed E-state index contributed by atoms with van der Waals surface area (Å²) in [5.41, 5.74) is 4.44. The van der Waals surface area contributed by atoms with Gasteiger partial charge < -0.3 is 11.1 Å². The molecule has 0 unspecified atom stereocenters. The highest BCUT2D eigenvalue weighted by Crippen LogP contribution is 2.14. The number of hydrogen-bond acceptors (Lipinski definition) is 2. The van der Waals surface area contributed by atoms with Crippen molar-refractivity contribution in [1.82, 2.24) is 5.32 Å². The van der Waals surface area contributed by atoms with E-state index < -0.39 is 28.9 Å². The maximum atomic E-state index is 13.2. The van der Waals surface area contributed by atoms with Crippen LogP contribution in [0.15, 0.2) is 12.1 Å². The number of hydrogen-bond donors (Lipinski definition) is 2. The van der Waals surface area contributed by atoms with Gasteiger partial charge in [0, 0.05) is 18.7 Å². The van der Waals surface area contributed by atoms with Crippen LogP contribution in [0.25, 0.3) is 0 Å². The molecule has 1 aromatic carbocycles. The SMILES string of the molecule is NC(=S)CCCNC(=O)c1c(F)cc(F)cc1F. The van der Waals surface area contributed by atoms with Crippen LogP contribution in [0.5, 0.6) is 0 Å². The molecule has 18 heavy (non-hydrogen) atoms. The highest BCUT2D eigenvalue weighted by atomic mass is 32.1. The summed E-state index contributed by atoms with van der Waals surface area (Å²) in [5.74, 6) is -4.48. The lowest BCUT2D eigenvalue weighted by atomic mass is 10.1. The van der Waals surface area contributed by atoms with Crippen LogP contribution >= 0.6 is 12.2 Å². The van der Waals surface area contributed by atoms with Crippen molar-refractivity contribution in [2.24, 2.45) is 5.73 Å². The Morgan fingerprint density at radius 1 is 1.28 bits per heavy atom. The van der Waals surface area contributed by atoms with Gasteiger partial charge in [0.1, 0.15) is 23.0 Å². The molecule has 0 fully saturated rings. The first-order chi connectivity index (χ1) is 8.41. The van der Waals surface area contributed by atoms with Gasteiger partial charge in [-0.25, -0.2) is 13.2 Å². The predicted molar refractivity (Wildman–Crippen MR) is 64.7 cm³/mol. The number of carbonyl (C=O) groups excluding carboxylic acids is 1. The van der Waals surface area contributed by atoms with E-state index in [1.54, 1.807) is 0 Å². The molecule has 0 atom stereocenters. The number of halogens is 3. The van der Waals surface area contributed by atoms with Gasteiger partial charge in [0.15, 0.2) is 0 Å². The van der Waals surface area contributed by atoms with Crippen molar-refractivity contribution in [3.05, 3.63) is 35.1 Å². The third kappa shape index (κ3) is 3.99. The van der Waals surface area contributed by atoms with Crippen LogP contribution in [0.1, 0.15) is 23.2 Å². The summed E-state index contributed by atoms with van der Waals surface area (Å²) in [5, 5.41) is 2.30. The maximum absolute atomic E-state index is 13.2. The Balaban J connectivity index is 2.65. The molecular weight excluding hydrogens is 265 g/mol. The highest BCUT2D eigenvalue weighted by molar-refractivity contribution is 7.80. The molecule has 3 N–H and O–H groups in total. The van der Waals surface area contributed by atoms with E-state index in [4.69, 9.17) is 5.73 Å². The van der Waals surface area contributed by atoms with Crippen molar-refractivity contribution in [1.29, 1.82) is 0 Å². The van der Waals surface area contributed by atoms with Crippen molar-refractivity contribution < 1.29 is 18.0 Å². The lowest BCUT2D eigenvalue weighted by Gasteiger charge is -2.07. The van der Waals surface area contributed by atoms with E-state index in [-0.39, 0.29) is 6.54 Å². The van der Waals surface area contributed by atoms with Crippen molar-refractivity contribution in [3.8, 4) is 0 Å². The topological polar surface area (TPSA) is 55.1 Å². The zero-order valence-corrected chi connectivity index (χ0v) is 10.1. The number of carbonyl (C=O) groups is 1. The molecule has 0 radical (unpaired) electrons. The molecule has 1 rings (SSSR count). The van der Waals surface area contributed by atoms with E-state index in [1.165, 1.54) is 0 Å². The predicted octanol–water partition coefficient (Wildman–Crippen LogP) is 1.90. The molecule has 7 heteroatoms. The second-order valence-corrected chi connectivity index (χ2v) is 4.09. The van der Waals surface area contributed by atoms with Gasteiger partial charge >= 0.3 is 0 Å². The van der Waals surface area contributed by atoms with Gasteiger partial charge in [-0.3, -0.25) is 4.79 Å². The highest BCUT2D eigenvalue weighted by Gasteiger charge is 2.18. The fourth-order valence-corrected chi connectivity index (χ4v) is 1.46. The molecule has 1 aromatic rings. The van der Waals surface area contributed by atoms with Crippen LogP contribution in [0.3, 0.4) is 0 Å². The molecule has 0 heterocycles. The zero-order valence-electron chi connectivity index (χ0n) is 9.30. The van der Waals surface area contributed by atoms with Crippen molar-refractivity contribution in [2.75, 3.05) is 6.54 Å². The van der Waals surface area contributed by atoms with Gasteiger partial charge in [-0.1, -0.05) is 12.2 Å². The van der Waals surface area contributed by atoms with Gasteiger partial charge in [0.25, 0.3) is 5.91 Å². The van der Waals surface area contributed by atoms with Crippen LogP contribution in [-0.2, 0) is 0 Å². The number of nitrogens with one attached hydrogen (secondary N) is 1. The third-order valence-electron chi connectivity index (χ3n) is 2.12. The number of benzene rings is 1. The summed E-state index contributed by atoms with van der Waals surface area (Å²) in [6, 6.07) is 0.903. The summed E-state index contributed by atoms with van der Waals surface area (Å²) in [7, 11) is 0. The maximum Gasteiger partial charge on any atom is 0.257 e. The number of nitrogens with two attached hydrogens (primary N) is 1. The Hall–Kier alpha value is -1.63. The van der Waals surface area contributed by atoms with Crippen LogP contribution in [0, 0.1) is 17.5 Å². The van der Waals surface area contributed by atoms with Gasteiger partial charge in [0.05, 0.1) is 4.99 Å². The Labute approximate surface area is 107 Å². The second-order valence-electron chi connectivity index (χ2n) is 3.57. The third-order valence-corrected chi connectivity index (χ3v) is 2.32. The molecule has 3 nitrogen and oxygen atoms in total. The lowest BCUT2D eigenvalue weighted by Crippen LogP contribution is -2.27. The first-order valence-corrected chi connectivity index (χ1v) is 5.53. The van der Waals surface area contributed by atoms with Gasteiger partial charge in [-0.05, 0) is 12.8 Å². The summed E-state index contributed by atoms with van der Waals surface area (Å²) in [4.78, 5) is 11.8. The molecule has 0 spiro atoms. The Kier molecular flexibility index (Phi) is 5.08. The lowest BCUT2D eigenvalue weighted by molar-refractivity contribution is 0.0945. The first-order valence-electron chi connectivity index (χ1n) is 5.13. The van der Waals surface area contributed by atoms with E-state index in [2.05, 4.69) is 17.5 Å². The largest absolute Gasteiger partial charge is 0.393 e. The van der Waals surface area contributed by atoms with Crippen molar-refractivity contribution in [2.45, 2.75) is 12.8 Å². The van der Waals surface area contributed by atoms with Gasteiger partial charge in [-0.15, -0.1) is 0 Å². The average molecular weight is 276 g/mol. The molecular formula is C11H11F3N2OS. The van der Waals surface area contributed by atoms with Gasteiger partial charge in [-0.2, -0.15) is 0 Å². The minimum absolute atomic E-state index is 0.173. The Bertz CT molecular complexity index is 456. The molecule has 0 aromatic heterocycles. The molecule has 98 valence electrons. The normalized spacial score (nSPS) is 10.2.